The molecule has 0 bridgehead atoms. The van der Waals surface area contributed by atoms with E-state index in [0.29, 0.717) is 11.8 Å². The molecule has 1 saturated heterocycles. The van der Waals surface area contributed by atoms with Crippen molar-refractivity contribution in [2.75, 3.05) is 26.8 Å². The Hall–Kier alpha value is -0.610. The highest BCUT2D eigenvalue weighted by Gasteiger charge is 2.46. The molecule has 2 fully saturated rings. The van der Waals surface area contributed by atoms with Crippen LogP contribution in [0.15, 0.2) is 0 Å². The van der Waals surface area contributed by atoms with Gasteiger partial charge in [0, 0.05) is 26.1 Å². The van der Waals surface area contributed by atoms with Crippen LogP contribution in [-0.2, 0) is 9.53 Å². The van der Waals surface area contributed by atoms with Gasteiger partial charge in [-0.25, -0.2) is 0 Å². The number of carbonyl (C=O) groups is 1. The maximum absolute atomic E-state index is 12.3. The van der Waals surface area contributed by atoms with E-state index < -0.39 is 5.54 Å². The lowest BCUT2D eigenvalue weighted by atomic mass is 9.95. The molecule has 0 aromatic carbocycles. The molecular weight excluding hydrogens is 204 g/mol. The molecule has 4 heteroatoms. The summed E-state index contributed by atoms with van der Waals surface area (Å²) < 4.78 is 5.13. The van der Waals surface area contributed by atoms with Crippen LogP contribution in [0.5, 0.6) is 0 Å². The lowest BCUT2D eigenvalue weighted by Gasteiger charge is -2.29. The maximum atomic E-state index is 12.3. The minimum absolute atomic E-state index is 0.133. The van der Waals surface area contributed by atoms with Crippen LogP contribution in [0.4, 0.5) is 0 Å². The van der Waals surface area contributed by atoms with Crippen molar-refractivity contribution in [3.8, 4) is 0 Å². The molecule has 2 rings (SSSR count). The second kappa shape index (κ2) is 4.34. The molecule has 92 valence electrons. The van der Waals surface area contributed by atoms with Crippen LogP contribution in [-0.4, -0.2) is 43.2 Å². The third-order valence-corrected chi connectivity index (χ3v) is 3.86. The van der Waals surface area contributed by atoms with Gasteiger partial charge < -0.3 is 15.4 Å². The Morgan fingerprint density at radius 3 is 2.75 bits per heavy atom. The molecule has 0 aromatic heterocycles. The zero-order valence-electron chi connectivity index (χ0n) is 10.2. The zero-order chi connectivity index (χ0) is 11.8. The first-order valence-electron chi connectivity index (χ1n) is 6.13. The molecule has 2 atom stereocenters. The highest BCUT2D eigenvalue weighted by atomic mass is 16.5. The third-order valence-electron chi connectivity index (χ3n) is 3.86. The fourth-order valence-corrected chi connectivity index (χ4v) is 2.59. The molecule has 2 N–H and O–H groups in total. The van der Waals surface area contributed by atoms with Crippen LogP contribution in [0, 0.1) is 11.8 Å². The number of amides is 1. The minimum Gasteiger partial charge on any atom is -0.384 e. The summed E-state index contributed by atoms with van der Waals surface area (Å²) >= 11 is 0. The summed E-state index contributed by atoms with van der Waals surface area (Å²) in [7, 11) is 1.71. The van der Waals surface area contributed by atoms with Gasteiger partial charge in [-0.15, -0.1) is 0 Å². The van der Waals surface area contributed by atoms with Gasteiger partial charge in [0.05, 0.1) is 12.1 Å². The van der Waals surface area contributed by atoms with Gasteiger partial charge in [-0.3, -0.25) is 4.79 Å². The van der Waals surface area contributed by atoms with E-state index in [1.807, 2.05) is 11.8 Å². The van der Waals surface area contributed by atoms with Gasteiger partial charge in [-0.1, -0.05) is 0 Å². The van der Waals surface area contributed by atoms with Gasteiger partial charge in [-0.2, -0.15) is 0 Å². The largest absolute Gasteiger partial charge is 0.384 e. The van der Waals surface area contributed by atoms with Crippen molar-refractivity contribution in [3.63, 3.8) is 0 Å². The molecule has 2 unspecified atom stereocenters. The first-order chi connectivity index (χ1) is 7.55. The summed E-state index contributed by atoms with van der Waals surface area (Å²) in [6, 6.07) is 0. The summed E-state index contributed by atoms with van der Waals surface area (Å²) in [6.45, 7) is 4.28. The van der Waals surface area contributed by atoms with Crippen LogP contribution >= 0.6 is 0 Å². The van der Waals surface area contributed by atoms with Crippen molar-refractivity contribution in [2.45, 2.75) is 31.7 Å². The first-order valence-corrected chi connectivity index (χ1v) is 6.13. The number of rotatable bonds is 4. The molecule has 16 heavy (non-hydrogen) atoms. The Bertz CT molecular complexity index is 274. The number of hydrogen-bond acceptors (Lipinski definition) is 3. The number of hydrogen-bond donors (Lipinski definition) is 1. The number of nitrogens with zero attached hydrogens (tertiary/aromatic N) is 1. The van der Waals surface area contributed by atoms with Gasteiger partial charge in [-0.05, 0) is 32.1 Å². The number of nitrogens with two attached hydrogens (primary N) is 1. The van der Waals surface area contributed by atoms with E-state index in [4.69, 9.17) is 10.5 Å². The van der Waals surface area contributed by atoms with E-state index in [1.165, 1.54) is 0 Å². The van der Waals surface area contributed by atoms with E-state index in [-0.39, 0.29) is 5.91 Å². The number of likely N-dealkylation sites (tertiary alicyclic amines) is 1. The number of methoxy groups -OCH3 is 1. The van der Waals surface area contributed by atoms with E-state index >= 15 is 0 Å². The van der Waals surface area contributed by atoms with Crippen LogP contribution in [0.1, 0.15) is 26.2 Å². The van der Waals surface area contributed by atoms with Gasteiger partial charge in [0.25, 0.3) is 0 Å². The third kappa shape index (κ3) is 2.23. The predicted molar refractivity (Wildman–Crippen MR) is 61.9 cm³/mol. The molecule has 0 aromatic rings. The highest BCUT2D eigenvalue weighted by Crippen LogP contribution is 2.39. The van der Waals surface area contributed by atoms with Crippen LogP contribution in [0.3, 0.4) is 0 Å². The van der Waals surface area contributed by atoms with Gasteiger partial charge >= 0.3 is 0 Å². The molecular formula is C12H22N2O2. The second-order valence-electron chi connectivity index (χ2n) is 5.42. The van der Waals surface area contributed by atoms with E-state index in [2.05, 4.69) is 0 Å². The first kappa shape index (κ1) is 11.9. The quantitative estimate of drug-likeness (QED) is 0.764. The smallest absolute Gasteiger partial charge is 0.242 e. The molecule has 1 saturated carbocycles. The van der Waals surface area contributed by atoms with E-state index in [0.717, 1.165) is 39.0 Å². The van der Waals surface area contributed by atoms with Gasteiger partial charge in [0.1, 0.15) is 0 Å². The summed E-state index contributed by atoms with van der Waals surface area (Å²) in [5, 5.41) is 0. The predicted octanol–water partition coefficient (Wildman–Crippen LogP) is 0.609. The fourth-order valence-electron chi connectivity index (χ4n) is 2.59. The van der Waals surface area contributed by atoms with Crippen molar-refractivity contribution >= 4 is 5.91 Å². The Kier molecular flexibility index (Phi) is 3.22. The maximum Gasteiger partial charge on any atom is 0.242 e. The topological polar surface area (TPSA) is 55.6 Å². The summed E-state index contributed by atoms with van der Waals surface area (Å²) in [4.78, 5) is 14.2. The number of carbonyl (C=O) groups excluding carboxylic acids is 1. The van der Waals surface area contributed by atoms with E-state index in [1.54, 1.807) is 7.11 Å². The molecule has 1 heterocycles. The van der Waals surface area contributed by atoms with Gasteiger partial charge in [0.2, 0.25) is 5.91 Å². The van der Waals surface area contributed by atoms with E-state index in [9.17, 15) is 4.79 Å². The van der Waals surface area contributed by atoms with Crippen LogP contribution < -0.4 is 5.73 Å². The molecule has 2 aliphatic rings. The summed E-state index contributed by atoms with van der Waals surface area (Å²) in [6.07, 6.45) is 3.25. The molecule has 0 radical (unpaired) electrons. The minimum atomic E-state index is -0.637. The SMILES string of the molecule is COCC1CCN(C(=O)C(C)(N)C2CC2)C1. The average Bonchev–Trinajstić information content (AvgIpc) is 3.00. The zero-order valence-corrected chi connectivity index (χ0v) is 10.2. The molecule has 0 spiro atoms. The number of ether oxygens (including phenoxy) is 1. The van der Waals surface area contributed by atoms with Crippen molar-refractivity contribution < 1.29 is 9.53 Å². The molecule has 1 amide bonds. The molecule has 4 nitrogen and oxygen atoms in total. The molecule has 1 aliphatic heterocycles. The summed E-state index contributed by atoms with van der Waals surface area (Å²) in [5.74, 6) is 1.03. The fraction of sp³-hybridized carbons (Fsp3) is 0.917. The van der Waals surface area contributed by atoms with Gasteiger partial charge in [0.15, 0.2) is 0 Å². The van der Waals surface area contributed by atoms with Crippen molar-refractivity contribution in [2.24, 2.45) is 17.6 Å². The average molecular weight is 226 g/mol. The standard InChI is InChI=1S/C12H22N2O2/c1-12(13,10-3-4-10)11(15)14-6-5-9(7-14)8-16-2/h9-10H,3-8,13H2,1-2H3. The Balaban J connectivity index is 1.91. The van der Waals surface area contributed by atoms with Crippen molar-refractivity contribution in [3.05, 3.63) is 0 Å². The van der Waals surface area contributed by atoms with Crippen LogP contribution in [0.2, 0.25) is 0 Å². The Morgan fingerprint density at radius 1 is 1.50 bits per heavy atom. The Labute approximate surface area is 97.1 Å². The monoisotopic (exact) mass is 226 g/mol. The van der Waals surface area contributed by atoms with Crippen LogP contribution in [0.25, 0.3) is 0 Å². The van der Waals surface area contributed by atoms with Crippen molar-refractivity contribution in [1.82, 2.24) is 4.90 Å². The lowest BCUT2D eigenvalue weighted by Crippen LogP contribution is -2.54. The second-order valence-corrected chi connectivity index (χ2v) is 5.42. The lowest BCUT2D eigenvalue weighted by molar-refractivity contribution is -0.136. The van der Waals surface area contributed by atoms with Crippen molar-refractivity contribution in [1.29, 1.82) is 0 Å². The Morgan fingerprint density at radius 2 is 2.19 bits per heavy atom. The highest BCUT2D eigenvalue weighted by molar-refractivity contribution is 5.86. The molecule has 1 aliphatic carbocycles. The normalized spacial score (nSPS) is 29.2. The summed E-state index contributed by atoms with van der Waals surface area (Å²) in [5.41, 5.74) is 5.51.